The molecule has 1 unspecified atom stereocenters. The molecule has 3 rings (SSSR count). The first-order chi connectivity index (χ1) is 28.4. The van der Waals surface area contributed by atoms with Crippen LogP contribution in [-0.2, 0) is 66.8 Å². The van der Waals surface area contributed by atoms with Crippen molar-refractivity contribution in [3.8, 4) is 0 Å². The SMILES string of the molecule is CCC(=O)O[C@@H]1CC(=O)O[C@H](C)C/C=C/C=C/C(=O)[C@H](C)C[C@H](CC=O)[C@H](O[C@@H]2O[C@H](C)[C@@H](O[C@H]3C[C@@](C)(OOC)[C@@H](OCC=C(C)C)[C@H](C)O3)[C@H](N(C)C)[C@H]2O)C1OC. The molecule has 1 N–H and O–H groups in total. The molecule has 3 aliphatic rings. The number of ether oxygens (including phenoxy) is 8. The standard InChI is InChI=1S/C44H71NO15/c1-13-34(48)57-33-24-35(49)54-28(5)17-15-14-16-18-32(47)27(4)23-31(19-21-46)40(41(33)51-11)59-43-38(50)37(45(9)10)39(29(6)56-43)58-36-25-44(8,60-52-12)42(30(7)55-36)53-22-20-26(2)3/h14-16,18,20-21,27-31,33,36-43,50H,13,17,19,22-25H2,1-12H3/b15-14+,18-16+/t27-,28-,29-,30+,31+,33-,36+,37-,38-,39-,40+,41?,42+,43+,44-/m1/s1. The van der Waals surface area contributed by atoms with Gasteiger partial charge in [-0.1, -0.05) is 43.7 Å². The molecule has 0 spiro atoms. The van der Waals surface area contributed by atoms with Crippen molar-refractivity contribution in [3.63, 3.8) is 0 Å². The molecule has 3 aliphatic heterocycles. The van der Waals surface area contributed by atoms with E-state index in [4.69, 9.17) is 47.7 Å². The second-order valence-electron chi connectivity index (χ2n) is 16.7. The largest absolute Gasteiger partial charge is 0.462 e. The van der Waals surface area contributed by atoms with Gasteiger partial charge in [-0.3, -0.25) is 14.4 Å². The highest BCUT2D eigenvalue weighted by Gasteiger charge is 2.53. The van der Waals surface area contributed by atoms with E-state index < -0.39 is 109 Å². The number of cyclic esters (lactones) is 1. The third kappa shape index (κ3) is 14.6. The topological polar surface area (TPSA) is 184 Å². The van der Waals surface area contributed by atoms with Gasteiger partial charge in [-0.25, -0.2) is 9.78 Å². The lowest BCUT2D eigenvalue weighted by Crippen LogP contribution is -2.66. The normalized spacial score (nSPS) is 38.4. The van der Waals surface area contributed by atoms with E-state index in [-0.39, 0.29) is 31.5 Å². The first-order valence-electron chi connectivity index (χ1n) is 21.0. The van der Waals surface area contributed by atoms with Crippen LogP contribution in [0.15, 0.2) is 36.0 Å². The molecule has 342 valence electrons. The average Bonchev–Trinajstić information content (AvgIpc) is 3.16. The van der Waals surface area contributed by atoms with Crippen LogP contribution < -0.4 is 0 Å². The molecule has 0 aromatic heterocycles. The van der Waals surface area contributed by atoms with Gasteiger partial charge < -0.3 is 52.7 Å². The number of aliphatic hydroxyl groups excluding tert-OH is 1. The van der Waals surface area contributed by atoms with Crippen molar-refractivity contribution < 1.29 is 72.0 Å². The Hall–Kier alpha value is -2.90. The van der Waals surface area contributed by atoms with Crippen LogP contribution in [0.4, 0.5) is 0 Å². The number of aliphatic hydroxyl groups is 1. The molecule has 0 bridgehead atoms. The van der Waals surface area contributed by atoms with Gasteiger partial charge in [-0.2, -0.15) is 0 Å². The van der Waals surface area contributed by atoms with Crippen LogP contribution >= 0.6 is 0 Å². The maximum atomic E-state index is 13.4. The van der Waals surface area contributed by atoms with Crippen LogP contribution in [0.5, 0.6) is 0 Å². The number of aldehydes is 1. The van der Waals surface area contributed by atoms with Gasteiger partial charge in [0.1, 0.15) is 48.5 Å². The smallest absolute Gasteiger partial charge is 0.309 e. The van der Waals surface area contributed by atoms with Crippen molar-refractivity contribution in [1.82, 2.24) is 4.90 Å². The molecular weight excluding hydrogens is 782 g/mol. The van der Waals surface area contributed by atoms with Gasteiger partial charge in [-0.15, -0.1) is 0 Å². The number of carbonyl (C=O) groups excluding carboxylic acids is 4. The first-order valence-corrected chi connectivity index (χ1v) is 21.0. The molecule has 2 saturated heterocycles. The van der Waals surface area contributed by atoms with Gasteiger partial charge in [-0.05, 0) is 74.1 Å². The van der Waals surface area contributed by atoms with E-state index in [1.807, 2.05) is 33.8 Å². The number of nitrogens with zero attached hydrogens (tertiary/aromatic N) is 1. The third-order valence-electron chi connectivity index (χ3n) is 11.2. The lowest BCUT2D eigenvalue weighted by molar-refractivity contribution is -0.406. The molecule has 0 amide bonds. The van der Waals surface area contributed by atoms with E-state index in [0.717, 1.165) is 5.57 Å². The van der Waals surface area contributed by atoms with E-state index in [9.17, 15) is 24.3 Å². The summed E-state index contributed by atoms with van der Waals surface area (Å²) >= 11 is 0. The van der Waals surface area contributed by atoms with E-state index in [1.165, 1.54) is 20.3 Å². The predicted molar refractivity (Wildman–Crippen MR) is 219 cm³/mol. The summed E-state index contributed by atoms with van der Waals surface area (Å²) in [6, 6.07) is -0.737. The summed E-state index contributed by atoms with van der Waals surface area (Å²) in [7, 11) is 6.38. The van der Waals surface area contributed by atoms with Gasteiger partial charge >= 0.3 is 11.9 Å². The number of rotatable bonds is 15. The van der Waals surface area contributed by atoms with E-state index in [2.05, 4.69) is 0 Å². The molecule has 16 heteroatoms. The highest BCUT2D eigenvalue weighted by Crippen LogP contribution is 2.39. The predicted octanol–water partition coefficient (Wildman–Crippen LogP) is 4.59. The quantitative estimate of drug-likeness (QED) is 0.0793. The summed E-state index contributed by atoms with van der Waals surface area (Å²) in [5, 5.41) is 12.2. The molecule has 15 atom stereocenters. The van der Waals surface area contributed by atoms with Gasteiger partial charge in [0.2, 0.25) is 0 Å². The fourth-order valence-corrected chi connectivity index (χ4v) is 8.16. The number of ketones is 1. The summed E-state index contributed by atoms with van der Waals surface area (Å²) in [5.41, 5.74) is 0.138. The van der Waals surface area contributed by atoms with Crippen LogP contribution in [0, 0.1) is 11.8 Å². The summed E-state index contributed by atoms with van der Waals surface area (Å²) in [5.74, 6) is -2.75. The van der Waals surface area contributed by atoms with Crippen LogP contribution in [0.3, 0.4) is 0 Å². The highest BCUT2D eigenvalue weighted by molar-refractivity contribution is 5.91. The van der Waals surface area contributed by atoms with Crippen molar-refractivity contribution >= 4 is 24.0 Å². The number of carbonyl (C=O) groups is 4. The summed E-state index contributed by atoms with van der Waals surface area (Å²) in [6.07, 6.45) is -0.611. The Kier molecular flexibility index (Phi) is 21.1. The molecule has 2 fully saturated rings. The molecule has 60 heavy (non-hydrogen) atoms. The monoisotopic (exact) mass is 853 g/mol. The maximum absolute atomic E-state index is 13.4. The molecule has 0 radical (unpaired) electrons. The zero-order valence-electron chi connectivity index (χ0n) is 37.6. The fraction of sp³-hybridized carbons (Fsp3) is 0.773. The second-order valence-corrected chi connectivity index (χ2v) is 16.7. The molecule has 0 saturated carbocycles. The summed E-state index contributed by atoms with van der Waals surface area (Å²) < 4.78 is 49.9. The number of esters is 2. The van der Waals surface area contributed by atoms with Crippen molar-refractivity contribution in [1.29, 1.82) is 0 Å². The van der Waals surface area contributed by atoms with E-state index >= 15 is 0 Å². The molecule has 0 aromatic carbocycles. The number of allylic oxidation sites excluding steroid dienone is 4. The van der Waals surface area contributed by atoms with Crippen LogP contribution in [0.25, 0.3) is 0 Å². The van der Waals surface area contributed by atoms with Crippen LogP contribution in [0.1, 0.15) is 93.9 Å². The number of hydrogen-bond acceptors (Lipinski definition) is 16. The van der Waals surface area contributed by atoms with Crippen molar-refractivity contribution in [2.24, 2.45) is 11.8 Å². The Morgan fingerprint density at radius 3 is 2.35 bits per heavy atom. The molecule has 3 heterocycles. The van der Waals surface area contributed by atoms with Gasteiger partial charge in [0.15, 0.2) is 18.4 Å². The third-order valence-corrected chi connectivity index (χ3v) is 11.2. The van der Waals surface area contributed by atoms with Crippen molar-refractivity contribution in [2.45, 2.75) is 173 Å². The Bertz CT molecular complexity index is 1460. The van der Waals surface area contributed by atoms with Crippen molar-refractivity contribution in [2.75, 3.05) is 34.9 Å². The van der Waals surface area contributed by atoms with Crippen molar-refractivity contribution in [3.05, 3.63) is 36.0 Å². The second kappa shape index (κ2) is 24.7. The number of hydrogen-bond donors (Lipinski definition) is 1. The highest BCUT2D eigenvalue weighted by atomic mass is 17.2. The summed E-state index contributed by atoms with van der Waals surface area (Å²) in [4.78, 5) is 64.7. The van der Waals surface area contributed by atoms with Crippen LogP contribution in [-0.4, -0.2) is 148 Å². The Morgan fingerprint density at radius 1 is 1.02 bits per heavy atom. The minimum atomic E-state index is -1.37. The minimum absolute atomic E-state index is 0.00200. The zero-order valence-corrected chi connectivity index (χ0v) is 37.6. The van der Waals surface area contributed by atoms with E-state index in [0.29, 0.717) is 19.3 Å². The Morgan fingerprint density at radius 2 is 1.73 bits per heavy atom. The Labute approximate surface area is 356 Å². The van der Waals surface area contributed by atoms with Crippen LogP contribution in [0.2, 0.25) is 0 Å². The first kappa shape index (κ1) is 51.5. The molecule has 16 nitrogen and oxygen atoms in total. The maximum Gasteiger partial charge on any atom is 0.309 e. The average molecular weight is 854 g/mol. The zero-order chi connectivity index (χ0) is 44.7. The minimum Gasteiger partial charge on any atom is -0.462 e. The van der Waals surface area contributed by atoms with Gasteiger partial charge in [0.25, 0.3) is 0 Å². The summed E-state index contributed by atoms with van der Waals surface area (Å²) in [6.45, 7) is 14.9. The fourth-order valence-electron chi connectivity index (χ4n) is 8.16. The molecule has 0 aromatic rings. The lowest BCUT2D eigenvalue weighted by atomic mass is 9.83. The molecule has 0 aliphatic carbocycles. The Balaban J connectivity index is 2.02. The van der Waals surface area contributed by atoms with E-state index in [1.54, 1.807) is 64.9 Å². The van der Waals surface area contributed by atoms with Gasteiger partial charge in [0, 0.05) is 38.7 Å². The number of methoxy groups -OCH3 is 1. The lowest BCUT2D eigenvalue weighted by Gasteiger charge is -2.50. The van der Waals surface area contributed by atoms with Gasteiger partial charge in [0.05, 0.1) is 44.5 Å². The molecular formula is C44H71NO15. The number of likely N-dealkylation sites (N-methyl/N-ethyl adjacent to an activating group) is 1.